The van der Waals surface area contributed by atoms with Gasteiger partial charge in [0.15, 0.2) is 0 Å². The molecule has 3 unspecified atom stereocenters. The SMILES string of the molecule is CC12N=C(CC3=C1C=CC1C=CCC=C31)C1CC=CC=C12. The van der Waals surface area contributed by atoms with Gasteiger partial charge in [0.2, 0.25) is 0 Å². The third-order valence-corrected chi connectivity index (χ3v) is 5.69. The summed E-state index contributed by atoms with van der Waals surface area (Å²) in [6.07, 6.45) is 21.9. The number of allylic oxidation sites excluding steroid dienone is 9. The zero-order valence-electron chi connectivity index (χ0n) is 12.3. The summed E-state index contributed by atoms with van der Waals surface area (Å²) in [5.74, 6) is 1.05. The standard InChI is InChI=1S/C20H19N/c1-20-17-9-5-4-8-15(17)19(21-20)12-16-14-7-3-2-6-13(14)10-11-18(16)20/h2,4-7,9-11,13,15H,3,8,12H2,1H3. The second kappa shape index (κ2) is 3.85. The van der Waals surface area contributed by atoms with Gasteiger partial charge in [-0.15, -0.1) is 0 Å². The number of hydrogen-bond donors (Lipinski definition) is 0. The van der Waals surface area contributed by atoms with E-state index in [2.05, 4.69) is 55.5 Å². The third-order valence-electron chi connectivity index (χ3n) is 5.69. The number of nitrogens with zero attached hydrogens (tertiary/aromatic N) is 1. The highest BCUT2D eigenvalue weighted by molar-refractivity contribution is 5.99. The highest BCUT2D eigenvalue weighted by Gasteiger charge is 2.49. The van der Waals surface area contributed by atoms with Gasteiger partial charge in [0.1, 0.15) is 5.54 Å². The van der Waals surface area contributed by atoms with Crippen LogP contribution in [-0.4, -0.2) is 11.3 Å². The quantitative estimate of drug-likeness (QED) is 0.577. The second-order valence-electron chi connectivity index (χ2n) is 6.79. The fourth-order valence-corrected chi connectivity index (χ4v) is 4.70. The van der Waals surface area contributed by atoms with Gasteiger partial charge in [-0.25, -0.2) is 0 Å². The van der Waals surface area contributed by atoms with Crippen LogP contribution in [0.5, 0.6) is 0 Å². The van der Waals surface area contributed by atoms with Crippen LogP contribution in [0.25, 0.3) is 0 Å². The molecule has 0 aromatic heterocycles. The maximum atomic E-state index is 5.15. The molecule has 21 heavy (non-hydrogen) atoms. The van der Waals surface area contributed by atoms with Crippen LogP contribution in [0.15, 0.2) is 75.9 Å². The van der Waals surface area contributed by atoms with Crippen LogP contribution in [-0.2, 0) is 0 Å². The molecule has 5 rings (SSSR count). The number of rotatable bonds is 0. The molecule has 3 atom stereocenters. The molecule has 2 bridgehead atoms. The Morgan fingerprint density at radius 1 is 1.24 bits per heavy atom. The number of fused-ring (bicyclic) bond motifs is 7. The average molecular weight is 273 g/mol. The zero-order chi connectivity index (χ0) is 14.0. The van der Waals surface area contributed by atoms with Crippen molar-refractivity contribution in [2.75, 3.05) is 0 Å². The maximum absolute atomic E-state index is 5.15. The van der Waals surface area contributed by atoms with E-state index >= 15 is 0 Å². The van der Waals surface area contributed by atoms with E-state index < -0.39 is 0 Å². The van der Waals surface area contributed by atoms with Gasteiger partial charge in [0.05, 0.1) is 0 Å². The minimum absolute atomic E-state index is 0.109. The van der Waals surface area contributed by atoms with E-state index in [1.165, 1.54) is 16.9 Å². The van der Waals surface area contributed by atoms with Crippen molar-refractivity contribution in [2.24, 2.45) is 16.8 Å². The fraction of sp³-hybridized carbons (Fsp3) is 0.350. The molecular weight excluding hydrogens is 254 g/mol. The number of aliphatic imine (C=N–C) groups is 1. The van der Waals surface area contributed by atoms with Crippen molar-refractivity contribution >= 4 is 5.71 Å². The van der Waals surface area contributed by atoms with Crippen molar-refractivity contribution in [3.63, 3.8) is 0 Å². The van der Waals surface area contributed by atoms with Gasteiger partial charge in [0.25, 0.3) is 0 Å². The first-order valence-electron chi connectivity index (χ1n) is 8.02. The Morgan fingerprint density at radius 2 is 2.19 bits per heavy atom. The smallest absolute Gasteiger partial charge is 0.105 e. The van der Waals surface area contributed by atoms with E-state index in [4.69, 9.17) is 4.99 Å². The lowest BCUT2D eigenvalue weighted by Gasteiger charge is -2.35. The summed E-state index contributed by atoms with van der Waals surface area (Å²) < 4.78 is 0. The van der Waals surface area contributed by atoms with Crippen molar-refractivity contribution < 1.29 is 0 Å². The molecule has 0 saturated carbocycles. The Labute approximate surface area is 125 Å². The molecule has 0 aromatic rings. The Balaban J connectivity index is 1.70. The lowest BCUT2D eigenvalue weighted by atomic mass is 9.73. The van der Waals surface area contributed by atoms with Gasteiger partial charge in [-0.2, -0.15) is 0 Å². The highest BCUT2D eigenvalue weighted by atomic mass is 14.9. The molecule has 3 aliphatic carbocycles. The molecule has 0 fully saturated rings. The number of hydrogen-bond acceptors (Lipinski definition) is 1. The van der Waals surface area contributed by atoms with Gasteiger partial charge in [-0.1, -0.05) is 48.6 Å². The fourth-order valence-electron chi connectivity index (χ4n) is 4.70. The summed E-state index contributed by atoms with van der Waals surface area (Å²) in [4.78, 5) is 5.15. The topological polar surface area (TPSA) is 12.4 Å². The summed E-state index contributed by atoms with van der Waals surface area (Å²) in [7, 11) is 0. The van der Waals surface area contributed by atoms with Crippen molar-refractivity contribution in [2.45, 2.75) is 31.7 Å². The largest absolute Gasteiger partial charge is 0.277 e. The van der Waals surface area contributed by atoms with Gasteiger partial charge in [-0.3, -0.25) is 4.99 Å². The van der Waals surface area contributed by atoms with Crippen molar-refractivity contribution in [1.82, 2.24) is 0 Å². The van der Waals surface area contributed by atoms with E-state index in [-0.39, 0.29) is 5.54 Å². The Morgan fingerprint density at radius 3 is 3.14 bits per heavy atom. The minimum atomic E-state index is -0.109. The van der Waals surface area contributed by atoms with Crippen LogP contribution in [0, 0.1) is 11.8 Å². The molecule has 0 radical (unpaired) electrons. The highest BCUT2D eigenvalue weighted by Crippen LogP contribution is 2.53. The monoisotopic (exact) mass is 273 g/mol. The van der Waals surface area contributed by atoms with Crippen LogP contribution in [0.4, 0.5) is 0 Å². The van der Waals surface area contributed by atoms with Gasteiger partial charge in [0, 0.05) is 24.0 Å². The number of dihydropyridines is 1. The van der Waals surface area contributed by atoms with E-state index in [1.807, 2.05) is 0 Å². The Hall–Kier alpha value is -1.89. The molecule has 5 aliphatic rings. The summed E-state index contributed by atoms with van der Waals surface area (Å²) in [6.45, 7) is 2.32. The van der Waals surface area contributed by atoms with Crippen LogP contribution in [0.1, 0.15) is 26.2 Å². The molecule has 0 N–H and O–H groups in total. The molecule has 0 amide bonds. The maximum Gasteiger partial charge on any atom is 0.105 e. The van der Waals surface area contributed by atoms with Crippen molar-refractivity contribution in [3.05, 3.63) is 70.9 Å². The molecule has 2 heterocycles. The summed E-state index contributed by atoms with van der Waals surface area (Å²) in [5.41, 5.74) is 7.38. The van der Waals surface area contributed by atoms with Crippen LogP contribution in [0.2, 0.25) is 0 Å². The summed E-state index contributed by atoms with van der Waals surface area (Å²) >= 11 is 0. The van der Waals surface area contributed by atoms with Crippen molar-refractivity contribution in [3.8, 4) is 0 Å². The molecule has 0 saturated heterocycles. The first-order valence-corrected chi connectivity index (χ1v) is 8.02. The first-order chi connectivity index (χ1) is 10.3. The zero-order valence-corrected chi connectivity index (χ0v) is 12.3. The second-order valence-corrected chi connectivity index (χ2v) is 6.79. The summed E-state index contributed by atoms with van der Waals surface area (Å²) in [6, 6.07) is 0. The van der Waals surface area contributed by atoms with Crippen molar-refractivity contribution in [1.29, 1.82) is 0 Å². The van der Waals surface area contributed by atoms with E-state index in [0.29, 0.717) is 11.8 Å². The lowest BCUT2D eigenvalue weighted by Crippen LogP contribution is -2.30. The summed E-state index contributed by atoms with van der Waals surface area (Å²) in [5, 5.41) is 0. The van der Waals surface area contributed by atoms with E-state index in [9.17, 15) is 0 Å². The normalized spacial score (nSPS) is 38.4. The van der Waals surface area contributed by atoms with E-state index in [1.54, 1.807) is 11.1 Å². The Kier molecular flexibility index (Phi) is 2.15. The van der Waals surface area contributed by atoms with Gasteiger partial charge < -0.3 is 0 Å². The van der Waals surface area contributed by atoms with Crippen LogP contribution >= 0.6 is 0 Å². The molecule has 1 heteroatoms. The molecule has 2 aliphatic heterocycles. The Bertz CT molecular complexity index is 751. The average Bonchev–Trinajstić information content (AvgIpc) is 2.77. The van der Waals surface area contributed by atoms with Crippen LogP contribution in [0.3, 0.4) is 0 Å². The predicted molar refractivity (Wildman–Crippen MR) is 87.3 cm³/mol. The van der Waals surface area contributed by atoms with E-state index in [0.717, 1.165) is 19.3 Å². The lowest BCUT2D eigenvalue weighted by molar-refractivity contribution is 0.627. The minimum Gasteiger partial charge on any atom is -0.277 e. The van der Waals surface area contributed by atoms with Gasteiger partial charge in [-0.05, 0) is 42.1 Å². The predicted octanol–water partition coefficient (Wildman–Crippen LogP) is 4.47. The molecular formula is C20H19N. The van der Waals surface area contributed by atoms with Gasteiger partial charge >= 0.3 is 0 Å². The molecule has 0 aromatic carbocycles. The molecule has 104 valence electrons. The third kappa shape index (κ3) is 1.39. The molecule has 1 nitrogen and oxygen atoms in total. The molecule has 0 spiro atoms. The van der Waals surface area contributed by atoms with Crippen LogP contribution < -0.4 is 0 Å². The first kappa shape index (κ1) is 11.7.